The van der Waals surface area contributed by atoms with Crippen LogP contribution in [0, 0.1) is 0 Å². The first-order valence-corrected chi connectivity index (χ1v) is 6.13. The molecule has 20 heavy (non-hydrogen) atoms. The van der Waals surface area contributed by atoms with Crippen LogP contribution in [0.4, 0.5) is 8.78 Å². The smallest absolute Gasteiger partial charge is 0.337 e. The van der Waals surface area contributed by atoms with E-state index < -0.39 is 17.6 Å². The van der Waals surface area contributed by atoms with E-state index in [-0.39, 0.29) is 0 Å². The number of halogens is 2. The molecular weight excluding hydrogens is 264 g/mol. The molecule has 0 unspecified atom stereocenters. The summed E-state index contributed by atoms with van der Waals surface area (Å²) in [6, 6.07) is 6.43. The third kappa shape index (κ3) is 3.98. The average Bonchev–Trinajstić information content (AvgIpc) is 2.42. The van der Waals surface area contributed by atoms with Crippen LogP contribution in [0.5, 0.6) is 0 Å². The Kier molecular flexibility index (Phi) is 5.13. The summed E-state index contributed by atoms with van der Waals surface area (Å²) >= 11 is 0. The zero-order chi connectivity index (χ0) is 15.3. The van der Waals surface area contributed by atoms with Crippen molar-refractivity contribution in [2.75, 3.05) is 7.11 Å². The molecule has 0 bridgehead atoms. The standard InChI is InChI=1S/C15H17F2NO2/c1-5-13(18-10(2)15(3,16)17)11-6-8-12(9-7-11)14(19)20-4/h6-9H,2,5H2,1,3-4H3. The second-order valence-electron chi connectivity index (χ2n) is 4.32. The molecule has 1 aromatic carbocycles. The van der Waals surface area contributed by atoms with Crippen molar-refractivity contribution < 1.29 is 18.3 Å². The van der Waals surface area contributed by atoms with Crippen molar-refractivity contribution in [2.45, 2.75) is 26.2 Å². The van der Waals surface area contributed by atoms with Crippen molar-refractivity contribution in [3.8, 4) is 0 Å². The summed E-state index contributed by atoms with van der Waals surface area (Å²) in [4.78, 5) is 15.2. The zero-order valence-corrected chi connectivity index (χ0v) is 11.7. The maximum Gasteiger partial charge on any atom is 0.337 e. The number of rotatable bonds is 5. The molecular formula is C15H17F2NO2. The molecule has 0 aliphatic carbocycles. The molecule has 5 heteroatoms. The summed E-state index contributed by atoms with van der Waals surface area (Å²) in [5.41, 5.74) is 1.08. The highest BCUT2D eigenvalue weighted by Crippen LogP contribution is 2.23. The third-order valence-electron chi connectivity index (χ3n) is 2.75. The highest BCUT2D eigenvalue weighted by Gasteiger charge is 2.25. The Bertz CT molecular complexity index is 528. The van der Waals surface area contributed by atoms with Gasteiger partial charge in [0.1, 0.15) is 5.70 Å². The van der Waals surface area contributed by atoms with Gasteiger partial charge in [0.15, 0.2) is 0 Å². The van der Waals surface area contributed by atoms with Gasteiger partial charge in [-0.3, -0.25) is 4.99 Å². The number of hydrogen-bond donors (Lipinski definition) is 0. The fourth-order valence-corrected chi connectivity index (χ4v) is 1.53. The van der Waals surface area contributed by atoms with Crippen LogP contribution in [0.15, 0.2) is 41.5 Å². The van der Waals surface area contributed by atoms with Crippen LogP contribution in [0.2, 0.25) is 0 Å². The molecule has 0 aromatic heterocycles. The van der Waals surface area contributed by atoms with Gasteiger partial charge in [-0.2, -0.15) is 8.78 Å². The first-order chi connectivity index (χ1) is 9.29. The SMILES string of the molecule is C=C(N=C(CC)c1ccc(C(=O)OC)cc1)C(C)(F)F. The minimum Gasteiger partial charge on any atom is -0.465 e. The molecule has 0 saturated heterocycles. The Morgan fingerprint density at radius 3 is 2.20 bits per heavy atom. The second kappa shape index (κ2) is 6.41. The summed E-state index contributed by atoms with van der Waals surface area (Å²) in [7, 11) is 1.29. The zero-order valence-electron chi connectivity index (χ0n) is 11.7. The minimum absolute atomic E-state index is 0.395. The van der Waals surface area contributed by atoms with E-state index in [1.165, 1.54) is 7.11 Å². The molecule has 108 valence electrons. The van der Waals surface area contributed by atoms with Crippen molar-refractivity contribution >= 4 is 11.7 Å². The highest BCUT2D eigenvalue weighted by molar-refractivity contribution is 6.01. The average molecular weight is 281 g/mol. The molecule has 3 nitrogen and oxygen atoms in total. The Hall–Kier alpha value is -2.04. The summed E-state index contributed by atoms with van der Waals surface area (Å²) in [5.74, 6) is -3.50. The van der Waals surface area contributed by atoms with Crippen LogP contribution in [0.3, 0.4) is 0 Å². The minimum atomic E-state index is -3.05. The Labute approximate surface area is 117 Å². The van der Waals surface area contributed by atoms with Gasteiger partial charge in [0.05, 0.1) is 12.7 Å². The Morgan fingerprint density at radius 2 is 1.80 bits per heavy atom. The van der Waals surface area contributed by atoms with E-state index >= 15 is 0 Å². The molecule has 0 radical (unpaired) electrons. The van der Waals surface area contributed by atoms with Crippen LogP contribution in [-0.4, -0.2) is 24.7 Å². The summed E-state index contributed by atoms with van der Waals surface area (Å²) in [6.45, 7) is 5.86. The van der Waals surface area contributed by atoms with Crippen LogP contribution in [0.1, 0.15) is 36.2 Å². The Balaban J connectivity index is 3.05. The van der Waals surface area contributed by atoms with Crippen molar-refractivity contribution in [3.63, 3.8) is 0 Å². The second-order valence-corrected chi connectivity index (χ2v) is 4.32. The number of esters is 1. The van der Waals surface area contributed by atoms with Gasteiger partial charge in [-0.1, -0.05) is 25.6 Å². The lowest BCUT2D eigenvalue weighted by Crippen LogP contribution is -2.13. The number of nitrogens with zero attached hydrogens (tertiary/aromatic N) is 1. The van der Waals surface area contributed by atoms with Crippen molar-refractivity contribution in [2.24, 2.45) is 4.99 Å². The quantitative estimate of drug-likeness (QED) is 0.607. The molecule has 1 aromatic rings. The van der Waals surface area contributed by atoms with Gasteiger partial charge < -0.3 is 4.74 Å². The number of ether oxygens (including phenoxy) is 1. The molecule has 0 aliphatic rings. The molecule has 0 saturated carbocycles. The van der Waals surface area contributed by atoms with E-state index in [9.17, 15) is 13.6 Å². The molecule has 0 aliphatic heterocycles. The largest absolute Gasteiger partial charge is 0.465 e. The number of aliphatic imine (C=N–C) groups is 1. The van der Waals surface area contributed by atoms with E-state index in [1.807, 2.05) is 6.92 Å². The fraction of sp³-hybridized carbons (Fsp3) is 0.333. The van der Waals surface area contributed by atoms with E-state index in [1.54, 1.807) is 24.3 Å². The van der Waals surface area contributed by atoms with Gasteiger partial charge in [-0.05, 0) is 24.1 Å². The fourth-order valence-electron chi connectivity index (χ4n) is 1.53. The first kappa shape index (κ1) is 16.0. The number of benzene rings is 1. The van der Waals surface area contributed by atoms with Gasteiger partial charge in [0.25, 0.3) is 5.92 Å². The van der Waals surface area contributed by atoms with Gasteiger partial charge in [-0.25, -0.2) is 4.79 Å². The molecule has 0 heterocycles. The van der Waals surface area contributed by atoms with E-state index in [4.69, 9.17) is 0 Å². The number of allylic oxidation sites excluding steroid dienone is 1. The van der Waals surface area contributed by atoms with Crippen LogP contribution in [0.25, 0.3) is 0 Å². The molecule has 0 spiro atoms. The van der Waals surface area contributed by atoms with Gasteiger partial charge >= 0.3 is 5.97 Å². The number of hydrogen-bond acceptors (Lipinski definition) is 3. The lowest BCUT2D eigenvalue weighted by atomic mass is 10.1. The lowest BCUT2D eigenvalue weighted by molar-refractivity contribution is 0.0599. The first-order valence-electron chi connectivity index (χ1n) is 6.13. The maximum absolute atomic E-state index is 13.1. The normalized spacial score (nSPS) is 12.2. The Morgan fingerprint density at radius 1 is 1.30 bits per heavy atom. The van der Waals surface area contributed by atoms with Crippen LogP contribution in [-0.2, 0) is 4.74 Å². The number of carbonyl (C=O) groups is 1. The summed E-state index contributed by atoms with van der Waals surface area (Å²) in [6.07, 6.45) is 0.479. The van der Waals surface area contributed by atoms with E-state index in [2.05, 4.69) is 16.3 Å². The predicted molar refractivity (Wildman–Crippen MR) is 74.4 cm³/mol. The van der Waals surface area contributed by atoms with Gasteiger partial charge in [0.2, 0.25) is 0 Å². The molecule has 1 rings (SSSR count). The number of alkyl halides is 2. The highest BCUT2D eigenvalue weighted by atomic mass is 19.3. The molecule has 0 N–H and O–H groups in total. The lowest BCUT2D eigenvalue weighted by Gasteiger charge is -2.12. The monoisotopic (exact) mass is 281 g/mol. The van der Waals surface area contributed by atoms with Crippen molar-refractivity contribution in [1.82, 2.24) is 0 Å². The van der Waals surface area contributed by atoms with Gasteiger partial charge in [0, 0.05) is 12.6 Å². The van der Waals surface area contributed by atoms with E-state index in [0.717, 1.165) is 6.92 Å². The van der Waals surface area contributed by atoms with Crippen LogP contribution < -0.4 is 0 Å². The summed E-state index contributed by atoms with van der Waals surface area (Å²) in [5, 5.41) is 0. The maximum atomic E-state index is 13.1. The van der Waals surface area contributed by atoms with Crippen molar-refractivity contribution in [3.05, 3.63) is 47.7 Å². The molecule has 0 fully saturated rings. The van der Waals surface area contributed by atoms with Crippen LogP contribution >= 0.6 is 0 Å². The summed E-state index contributed by atoms with van der Waals surface area (Å²) < 4.78 is 30.7. The number of carbonyl (C=O) groups excluding carboxylic acids is 1. The van der Waals surface area contributed by atoms with E-state index in [0.29, 0.717) is 23.3 Å². The third-order valence-corrected chi connectivity index (χ3v) is 2.75. The van der Waals surface area contributed by atoms with Crippen molar-refractivity contribution in [1.29, 1.82) is 0 Å². The molecule has 0 atom stereocenters. The molecule has 0 amide bonds. The topological polar surface area (TPSA) is 38.7 Å². The number of methoxy groups -OCH3 is 1. The van der Waals surface area contributed by atoms with Gasteiger partial charge in [-0.15, -0.1) is 0 Å². The predicted octanol–water partition coefficient (Wildman–Crippen LogP) is 3.84.